The van der Waals surface area contributed by atoms with Crippen LogP contribution in [0.25, 0.3) is 0 Å². The number of hydrogen-bond donors (Lipinski definition) is 1. The third kappa shape index (κ3) is 2.74. The van der Waals surface area contributed by atoms with Gasteiger partial charge in [-0.25, -0.2) is 0 Å². The van der Waals surface area contributed by atoms with Crippen molar-refractivity contribution in [3.8, 4) is 0 Å². The van der Waals surface area contributed by atoms with Crippen LogP contribution in [0.1, 0.15) is 26.2 Å². The summed E-state index contributed by atoms with van der Waals surface area (Å²) in [6.07, 6.45) is 2.28. The van der Waals surface area contributed by atoms with Crippen molar-refractivity contribution in [3.63, 3.8) is 0 Å². The van der Waals surface area contributed by atoms with Crippen LogP contribution in [0.4, 0.5) is 0 Å². The summed E-state index contributed by atoms with van der Waals surface area (Å²) in [6.45, 7) is 7.05. The highest BCUT2D eigenvalue weighted by atomic mass is 16.3. The molecule has 2 rings (SSSR count). The number of carbonyl (C=O) groups excluding carboxylic acids is 1. The van der Waals surface area contributed by atoms with Crippen LogP contribution in [0.15, 0.2) is 0 Å². The van der Waals surface area contributed by atoms with E-state index in [1.54, 1.807) is 0 Å². The fourth-order valence-electron chi connectivity index (χ4n) is 2.72. The zero-order chi connectivity index (χ0) is 11.5. The molecule has 0 saturated carbocycles. The van der Waals surface area contributed by atoms with Crippen LogP contribution in [0, 0.1) is 5.92 Å². The Morgan fingerprint density at radius 3 is 2.56 bits per heavy atom. The first-order chi connectivity index (χ1) is 7.69. The molecule has 2 aliphatic heterocycles. The molecular formula is C12H22N2O2. The molecule has 0 radical (unpaired) electrons. The van der Waals surface area contributed by atoms with E-state index in [0.717, 1.165) is 26.2 Å². The predicted octanol–water partition coefficient (Wildman–Crippen LogP) is 0.311. The molecule has 0 aromatic heterocycles. The molecule has 92 valence electrons. The molecule has 0 bridgehead atoms. The van der Waals surface area contributed by atoms with Crippen LogP contribution >= 0.6 is 0 Å². The van der Waals surface area contributed by atoms with Gasteiger partial charge in [0.2, 0.25) is 5.91 Å². The van der Waals surface area contributed by atoms with E-state index in [2.05, 4.69) is 11.8 Å². The van der Waals surface area contributed by atoms with Crippen molar-refractivity contribution in [2.45, 2.75) is 32.3 Å². The van der Waals surface area contributed by atoms with Gasteiger partial charge >= 0.3 is 0 Å². The summed E-state index contributed by atoms with van der Waals surface area (Å²) in [5, 5.41) is 9.41. The molecule has 16 heavy (non-hydrogen) atoms. The monoisotopic (exact) mass is 226 g/mol. The quantitative estimate of drug-likeness (QED) is 0.753. The van der Waals surface area contributed by atoms with Gasteiger partial charge < -0.3 is 14.9 Å². The van der Waals surface area contributed by atoms with E-state index >= 15 is 0 Å². The van der Waals surface area contributed by atoms with Crippen molar-refractivity contribution in [3.05, 3.63) is 0 Å². The number of nitrogens with zero attached hydrogens (tertiary/aromatic N) is 2. The first kappa shape index (κ1) is 11.9. The zero-order valence-corrected chi connectivity index (χ0v) is 10.1. The Kier molecular flexibility index (Phi) is 3.82. The minimum atomic E-state index is -0.428. The lowest BCUT2D eigenvalue weighted by molar-refractivity contribution is -0.128. The summed E-state index contributed by atoms with van der Waals surface area (Å²) in [5.74, 6) is 0.766. The molecule has 1 amide bonds. The first-order valence-corrected chi connectivity index (χ1v) is 6.37. The Labute approximate surface area is 97.2 Å². The van der Waals surface area contributed by atoms with E-state index < -0.39 is 6.10 Å². The summed E-state index contributed by atoms with van der Waals surface area (Å²) in [4.78, 5) is 15.8. The summed E-state index contributed by atoms with van der Waals surface area (Å²) in [5.41, 5.74) is 0. The molecule has 2 aliphatic rings. The standard InChI is InChI=1S/C12H22N2O2/c1-2-13-5-3-10(4-6-13)8-14-9-11(15)7-12(14)16/h10-11,15H,2-9H2,1H3. The minimum absolute atomic E-state index is 0.130. The maximum atomic E-state index is 11.5. The third-order valence-corrected chi connectivity index (χ3v) is 3.83. The van der Waals surface area contributed by atoms with Crippen LogP contribution in [0.3, 0.4) is 0 Å². The zero-order valence-electron chi connectivity index (χ0n) is 10.1. The lowest BCUT2D eigenvalue weighted by Crippen LogP contribution is -2.39. The number of hydrogen-bond acceptors (Lipinski definition) is 3. The predicted molar refractivity (Wildman–Crippen MR) is 62.0 cm³/mol. The molecule has 1 N–H and O–H groups in total. The van der Waals surface area contributed by atoms with Crippen LogP contribution in [-0.4, -0.2) is 59.6 Å². The fraction of sp³-hybridized carbons (Fsp3) is 0.917. The van der Waals surface area contributed by atoms with E-state index in [-0.39, 0.29) is 5.91 Å². The van der Waals surface area contributed by atoms with Crippen LogP contribution in [0.2, 0.25) is 0 Å². The maximum absolute atomic E-state index is 11.5. The van der Waals surface area contributed by atoms with Gasteiger partial charge in [-0.15, -0.1) is 0 Å². The highest BCUT2D eigenvalue weighted by Crippen LogP contribution is 2.21. The number of piperidine rings is 1. The Hall–Kier alpha value is -0.610. The molecule has 2 saturated heterocycles. The number of aliphatic hydroxyl groups excluding tert-OH is 1. The normalized spacial score (nSPS) is 29.0. The van der Waals surface area contributed by atoms with Gasteiger partial charge in [-0.2, -0.15) is 0 Å². The molecule has 0 aromatic rings. The summed E-state index contributed by atoms with van der Waals surface area (Å²) >= 11 is 0. The van der Waals surface area contributed by atoms with Gasteiger partial charge in [0.15, 0.2) is 0 Å². The molecule has 0 aliphatic carbocycles. The molecule has 1 unspecified atom stereocenters. The Morgan fingerprint density at radius 2 is 2.06 bits per heavy atom. The minimum Gasteiger partial charge on any atom is -0.391 e. The Bertz CT molecular complexity index is 249. The summed E-state index contributed by atoms with van der Waals surface area (Å²) < 4.78 is 0. The molecular weight excluding hydrogens is 204 g/mol. The first-order valence-electron chi connectivity index (χ1n) is 6.37. The average Bonchev–Trinajstić information content (AvgIpc) is 2.59. The van der Waals surface area contributed by atoms with Crippen LogP contribution < -0.4 is 0 Å². The lowest BCUT2D eigenvalue weighted by Gasteiger charge is -2.33. The van der Waals surface area contributed by atoms with Gasteiger partial charge in [-0.3, -0.25) is 4.79 Å². The molecule has 4 nitrogen and oxygen atoms in total. The van der Waals surface area contributed by atoms with Crippen LogP contribution in [0.5, 0.6) is 0 Å². The highest BCUT2D eigenvalue weighted by molar-refractivity contribution is 5.79. The second-order valence-corrected chi connectivity index (χ2v) is 5.03. The van der Waals surface area contributed by atoms with Crippen molar-refractivity contribution in [2.75, 3.05) is 32.7 Å². The Morgan fingerprint density at radius 1 is 1.38 bits per heavy atom. The number of rotatable bonds is 3. The molecule has 0 aromatic carbocycles. The van der Waals surface area contributed by atoms with Gasteiger partial charge in [-0.1, -0.05) is 6.92 Å². The molecule has 2 heterocycles. The van der Waals surface area contributed by atoms with Gasteiger partial charge in [0, 0.05) is 13.1 Å². The van der Waals surface area contributed by atoms with Crippen molar-refractivity contribution >= 4 is 5.91 Å². The Balaban J connectivity index is 1.76. The van der Waals surface area contributed by atoms with Gasteiger partial charge in [0.05, 0.1) is 12.5 Å². The lowest BCUT2D eigenvalue weighted by atomic mass is 9.96. The van der Waals surface area contributed by atoms with Crippen molar-refractivity contribution in [1.29, 1.82) is 0 Å². The maximum Gasteiger partial charge on any atom is 0.225 e. The number of carbonyl (C=O) groups is 1. The second-order valence-electron chi connectivity index (χ2n) is 5.03. The summed E-state index contributed by atoms with van der Waals surface area (Å²) in [6, 6.07) is 0. The van der Waals surface area contributed by atoms with E-state index in [0.29, 0.717) is 18.9 Å². The fourth-order valence-corrected chi connectivity index (χ4v) is 2.72. The largest absolute Gasteiger partial charge is 0.391 e. The van der Waals surface area contributed by atoms with E-state index in [9.17, 15) is 9.90 Å². The smallest absolute Gasteiger partial charge is 0.225 e. The average molecular weight is 226 g/mol. The van der Waals surface area contributed by atoms with Crippen LogP contribution in [-0.2, 0) is 4.79 Å². The van der Waals surface area contributed by atoms with Gasteiger partial charge in [-0.05, 0) is 38.4 Å². The van der Waals surface area contributed by atoms with Gasteiger partial charge in [0.25, 0.3) is 0 Å². The van der Waals surface area contributed by atoms with Crippen molar-refractivity contribution in [2.24, 2.45) is 5.92 Å². The number of β-amino-alcohol motifs (C(OH)–C–C–N with tert-alkyl or cyclic N) is 1. The van der Waals surface area contributed by atoms with Gasteiger partial charge in [0.1, 0.15) is 0 Å². The number of aliphatic hydroxyl groups is 1. The molecule has 4 heteroatoms. The second kappa shape index (κ2) is 5.15. The third-order valence-electron chi connectivity index (χ3n) is 3.83. The topological polar surface area (TPSA) is 43.8 Å². The molecule has 2 fully saturated rings. The van der Waals surface area contributed by atoms with E-state index in [1.807, 2.05) is 4.90 Å². The van der Waals surface area contributed by atoms with E-state index in [1.165, 1.54) is 12.8 Å². The highest BCUT2D eigenvalue weighted by Gasteiger charge is 2.30. The number of amides is 1. The molecule has 1 atom stereocenters. The van der Waals surface area contributed by atoms with E-state index in [4.69, 9.17) is 0 Å². The molecule has 0 spiro atoms. The van der Waals surface area contributed by atoms with Crippen molar-refractivity contribution in [1.82, 2.24) is 9.80 Å². The number of likely N-dealkylation sites (tertiary alicyclic amines) is 2. The summed E-state index contributed by atoms with van der Waals surface area (Å²) in [7, 11) is 0. The van der Waals surface area contributed by atoms with Crippen molar-refractivity contribution < 1.29 is 9.90 Å². The SMILES string of the molecule is CCN1CCC(CN2CC(O)CC2=O)CC1.